The predicted octanol–water partition coefficient (Wildman–Crippen LogP) is 2.26. The lowest BCUT2D eigenvalue weighted by molar-refractivity contribution is -0.109. The van der Waals surface area contributed by atoms with Crippen LogP contribution in [-0.2, 0) is 4.79 Å². The number of fused-ring (bicyclic) bond motifs is 1. The highest BCUT2D eigenvalue weighted by Crippen LogP contribution is 2.47. The lowest BCUT2D eigenvalue weighted by atomic mass is 10.1. The zero-order chi connectivity index (χ0) is 19.9. The van der Waals surface area contributed by atoms with Crippen molar-refractivity contribution in [2.45, 2.75) is 31.7 Å². The van der Waals surface area contributed by atoms with Gasteiger partial charge in [-0.3, -0.25) is 4.79 Å². The molecule has 0 aliphatic heterocycles. The molecule has 2 N–H and O–H groups in total. The molecule has 7 heteroatoms. The van der Waals surface area contributed by atoms with Crippen LogP contribution in [0.3, 0.4) is 0 Å². The summed E-state index contributed by atoms with van der Waals surface area (Å²) in [6, 6.07) is 11.3. The second-order valence-electron chi connectivity index (χ2n) is 7.23. The molecule has 1 aliphatic carbocycles. The van der Waals surface area contributed by atoms with Crippen molar-refractivity contribution in [1.82, 2.24) is 19.5 Å². The largest absolute Gasteiger partial charge is 0.339 e. The van der Waals surface area contributed by atoms with Gasteiger partial charge >= 0.3 is 0 Å². The summed E-state index contributed by atoms with van der Waals surface area (Å²) in [5.74, 6) is -0.00962. The Morgan fingerprint density at radius 2 is 1.96 bits per heavy atom. The number of hydrogen-bond donors (Lipinski definition) is 1. The van der Waals surface area contributed by atoms with Crippen LogP contribution >= 0.6 is 0 Å². The first-order valence-electron chi connectivity index (χ1n) is 9.50. The lowest BCUT2D eigenvalue weighted by Crippen LogP contribution is -2.30. The van der Waals surface area contributed by atoms with Crippen LogP contribution in [0, 0.1) is 0 Å². The van der Waals surface area contributed by atoms with Crippen LogP contribution in [0.5, 0.6) is 0 Å². The summed E-state index contributed by atoms with van der Waals surface area (Å²) in [6.07, 6.45) is 3.26. The monoisotopic (exact) mass is 377 g/mol. The molecule has 0 radical (unpaired) electrons. The number of rotatable bonds is 6. The van der Waals surface area contributed by atoms with E-state index in [4.69, 9.17) is 5.73 Å². The molecule has 28 heavy (non-hydrogen) atoms. The van der Waals surface area contributed by atoms with E-state index >= 15 is 0 Å². The Balaban J connectivity index is 1.59. The number of nitrogens with two attached hydrogens (primary N) is 1. The third-order valence-electron chi connectivity index (χ3n) is 5.44. The molecule has 1 amide bonds. The number of amides is 1. The van der Waals surface area contributed by atoms with Crippen molar-refractivity contribution in [3.8, 4) is 11.3 Å². The molecule has 0 saturated heterocycles. The fourth-order valence-electron chi connectivity index (χ4n) is 3.50. The minimum absolute atomic E-state index is 0.0316. The number of aldehydes is 1. The van der Waals surface area contributed by atoms with Crippen molar-refractivity contribution < 1.29 is 9.59 Å². The normalized spacial score (nSPS) is 20.9. The Labute approximate surface area is 163 Å². The first-order chi connectivity index (χ1) is 13.5. The molecule has 1 aliphatic rings. The smallest absolute Gasteiger partial charge is 0.253 e. The second kappa shape index (κ2) is 6.83. The summed E-state index contributed by atoms with van der Waals surface area (Å²) in [4.78, 5) is 29.9. The highest BCUT2D eigenvalue weighted by Gasteiger charge is 2.53. The molecule has 1 fully saturated rings. The number of carbonyl (C=O) groups is 2. The van der Waals surface area contributed by atoms with E-state index in [1.54, 1.807) is 9.42 Å². The third kappa shape index (κ3) is 3.07. The number of benzene rings is 1. The highest BCUT2D eigenvalue weighted by atomic mass is 16.2. The Morgan fingerprint density at radius 3 is 2.57 bits per heavy atom. The third-order valence-corrected chi connectivity index (χ3v) is 5.44. The summed E-state index contributed by atoms with van der Waals surface area (Å²) in [5, 5.41) is 4.62. The van der Waals surface area contributed by atoms with Gasteiger partial charge in [0.15, 0.2) is 5.65 Å². The molecule has 2 aromatic heterocycles. The first kappa shape index (κ1) is 18.3. The van der Waals surface area contributed by atoms with Crippen molar-refractivity contribution in [2.75, 3.05) is 13.1 Å². The van der Waals surface area contributed by atoms with Crippen LogP contribution in [0.15, 0.2) is 42.6 Å². The first-order valence-corrected chi connectivity index (χ1v) is 9.50. The standard InChI is InChI=1S/C21H23N5O2/c1-3-25(4-2)20(28)15-7-5-14(6-8-15)17-9-10-19-23-18(12-26(19)24-17)16-11-21(16,22)13-27/h5-10,12-13,16H,3-4,11,22H2,1-2H3. The zero-order valence-corrected chi connectivity index (χ0v) is 16.0. The van der Waals surface area contributed by atoms with E-state index < -0.39 is 5.54 Å². The Morgan fingerprint density at radius 1 is 1.25 bits per heavy atom. The molecule has 2 atom stereocenters. The molecule has 7 nitrogen and oxygen atoms in total. The van der Waals surface area contributed by atoms with E-state index in [0.29, 0.717) is 30.7 Å². The summed E-state index contributed by atoms with van der Waals surface area (Å²) in [7, 11) is 0. The molecule has 2 heterocycles. The molecule has 2 unspecified atom stereocenters. The molecule has 3 aromatic rings. The molecule has 1 saturated carbocycles. The molecular formula is C21H23N5O2. The van der Waals surface area contributed by atoms with Crippen LogP contribution < -0.4 is 5.73 Å². The maximum Gasteiger partial charge on any atom is 0.253 e. The van der Waals surface area contributed by atoms with E-state index in [-0.39, 0.29) is 11.8 Å². The minimum Gasteiger partial charge on any atom is -0.339 e. The molecule has 0 bridgehead atoms. The number of carbonyl (C=O) groups excluding carboxylic acids is 2. The van der Waals surface area contributed by atoms with Gasteiger partial charge in [-0.15, -0.1) is 0 Å². The van der Waals surface area contributed by atoms with Crippen molar-refractivity contribution in [1.29, 1.82) is 0 Å². The zero-order valence-electron chi connectivity index (χ0n) is 16.0. The number of nitrogens with zero attached hydrogens (tertiary/aromatic N) is 4. The minimum atomic E-state index is -0.784. The van der Waals surface area contributed by atoms with Crippen LogP contribution in [0.4, 0.5) is 0 Å². The van der Waals surface area contributed by atoms with Gasteiger partial charge in [0.05, 0.1) is 23.1 Å². The van der Waals surface area contributed by atoms with Gasteiger partial charge in [0.25, 0.3) is 5.91 Å². The molecule has 0 spiro atoms. The van der Waals surface area contributed by atoms with Crippen LogP contribution in [0.2, 0.25) is 0 Å². The van der Waals surface area contributed by atoms with Gasteiger partial charge in [-0.2, -0.15) is 5.10 Å². The fraction of sp³-hybridized carbons (Fsp3) is 0.333. The topological polar surface area (TPSA) is 93.6 Å². The van der Waals surface area contributed by atoms with Gasteiger partial charge in [-0.1, -0.05) is 12.1 Å². The Bertz CT molecular complexity index is 1040. The summed E-state index contributed by atoms with van der Waals surface area (Å²) in [6.45, 7) is 5.32. The number of aromatic nitrogens is 3. The molecular weight excluding hydrogens is 354 g/mol. The predicted molar refractivity (Wildman–Crippen MR) is 106 cm³/mol. The van der Waals surface area contributed by atoms with E-state index in [0.717, 1.165) is 23.2 Å². The maximum absolute atomic E-state index is 12.4. The molecule has 1 aromatic carbocycles. The van der Waals surface area contributed by atoms with Gasteiger partial charge in [-0.25, -0.2) is 9.50 Å². The SMILES string of the molecule is CCN(CC)C(=O)c1ccc(-c2ccc3nc(C4CC4(N)C=O)cn3n2)cc1. The van der Waals surface area contributed by atoms with Crippen molar-refractivity contribution in [2.24, 2.45) is 5.73 Å². The average Bonchev–Trinajstić information content (AvgIpc) is 3.23. The number of hydrogen-bond acceptors (Lipinski definition) is 5. The van der Waals surface area contributed by atoms with E-state index in [2.05, 4.69) is 10.1 Å². The van der Waals surface area contributed by atoms with Gasteiger partial charge in [0, 0.05) is 30.1 Å². The van der Waals surface area contributed by atoms with E-state index in [9.17, 15) is 9.59 Å². The van der Waals surface area contributed by atoms with E-state index in [1.165, 1.54) is 0 Å². The van der Waals surface area contributed by atoms with Gasteiger partial charge in [0.1, 0.15) is 6.29 Å². The number of imidazole rings is 1. The van der Waals surface area contributed by atoms with Gasteiger partial charge in [0.2, 0.25) is 0 Å². The summed E-state index contributed by atoms with van der Waals surface area (Å²) in [5.41, 5.74) is 9.06. The van der Waals surface area contributed by atoms with Crippen molar-refractivity contribution in [3.05, 3.63) is 53.9 Å². The quantitative estimate of drug-likeness (QED) is 0.665. The van der Waals surface area contributed by atoms with E-state index in [1.807, 2.05) is 56.4 Å². The average molecular weight is 377 g/mol. The van der Waals surface area contributed by atoms with Crippen LogP contribution in [-0.4, -0.2) is 50.3 Å². The Kier molecular flexibility index (Phi) is 4.47. The summed E-state index contributed by atoms with van der Waals surface area (Å²) >= 11 is 0. The molecule has 144 valence electrons. The van der Waals surface area contributed by atoms with Gasteiger partial charge in [-0.05, 0) is 44.5 Å². The van der Waals surface area contributed by atoms with Crippen molar-refractivity contribution in [3.63, 3.8) is 0 Å². The van der Waals surface area contributed by atoms with Crippen molar-refractivity contribution >= 4 is 17.8 Å². The summed E-state index contributed by atoms with van der Waals surface area (Å²) < 4.78 is 1.71. The molecule has 4 rings (SSSR count). The maximum atomic E-state index is 12.4. The lowest BCUT2D eigenvalue weighted by Gasteiger charge is -2.18. The Hall–Kier alpha value is -3.06. The van der Waals surface area contributed by atoms with Gasteiger partial charge < -0.3 is 15.4 Å². The second-order valence-corrected chi connectivity index (χ2v) is 7.23. The fourth-order valence-corrected chi connectivity index (χ4v) is 3.50. The van der Waals surface area contributed by atoms with Crippen LogP contribution in [0.25, 0.3) is 16.9 Å². The highest BCUT2D eigenvalue weighted by molar-refractivity contribution is 5.94. The van der Waals surface area contributed by atoms with Crippen LogP contribution in [0.1, 0.15) is 42.2 Å².